The van der Waals surface area contributed by atoms with Gasteiger partial charge in [-0.15, -0.1) is 0 Å². The van der Waals surface area contributed by atoms with Gasteiger partial charge in [0.25, 0.3) is 0 Å². The van der Waals surface area contributed by atoms with Crippen LogP contribution < -0.4 is 4.74 Å². The second kappa shape index (κ2) is 5.55. The highest BCUT2D eigenvalue weighted by atomic mass is 16.6. The van der Waals surface area contributed by atoms with Gasteiger partial charge in [-0.1, -0.05) is 0 Å². The molecule has 0 spiro atoms. The number of hydrogen-bond acceptors (Lipinski definition) is 5. The first-order chi connectivity index (χ1) is 9.11. The predicted molar refractivity (Wildman–Crippen MR) is 64.1 cm³/mol. The van der Waals surface area contributed by atoms with Crippen LogP contribution in [0.25, 0.3) is 0 Å². The third-order valence-electron chi connectivity index (χ3n) is 2.66. The fourth-order valence-electron chi connectivity index (χ4n) is 1.73. The minimum atomic E-state index is -1.06. The fraction of sp³-hybridized carbons (Fsp3) is 0.417. The molecular formula is C12H14N2O5. The predicted octanol–water partition coefficient (Wildman–Crippen LogP) is 1.13. The van der Waals surface area contributed by atoms with Crippen LogP contribution in [-0.4, -0.2) is 46.8 Å². The number of nitrogens with zero attached hydrogens (tertiary/aromatic N) is 2. The van der Waals surface area contributed by atoms with Gasteiger partial charge in [0.1, 0.15) is 18.1 Å². The summed E-state index contributed by atoms with van der Waals surface area (Å²) in [6.45, 7) is 2.92. The van der Waals surface area contributed by atoms with Gasteiger partial charge >= 0.3 is 12.1 Å². The molecule has 2 heterocycles. The quantitative estimate of drug-likeness (QED) is 0.863. The van der Waals surface area contributed by atoms with Crippen molar-refractivity contribution in [2.75, 3.05) is 19.8 Å². The first-order valence-corrected chi connectivity index (χ1v) is 5.88. The third-order valence-corrected chi connectivity index (χ3v) is 2.66. The lowest BCUT2D eigenvalue weighted by atomic mass is 10.2. The van der Waals surface area contributed by atoms with Gasteiger partial charge in [0.2, 0.25) is 0 Å². The van der Waals surface area contributed by atoms with Crippen molar-refractivity contribution >= 4 is 12.1 Å². The Hall–Kier alpha value is -2.31. The maximum absolute atomic E-state index is 11.7. The van der Waals surface area contributed by atoms with Gasteiger partial charge in [0.05, 0.1) is 25.3 Å². The van der Waals surface area contributed by atoms with Gasteiger partial charge in [-0.2, -0.15) is 0 Å². The van der Waals surface area contributed by atoms with Crippen molar-refractivity contribution in [3.05, 3.63) is 23.5 Å². The topological polar surface area (TPSA) is 89.0 Å². The van der Waals surface area contributed by atoms with Crippen molar-refractivity contribution in [1.29, 1.82) is 0 Å². The summed E-state index contributed by atoms with van der Waals surface area (Å²) in [5.41, 5.74) is 0.582. The number of carbonyl (C=O) groups excluding carboxylic acids is 1. The van der Waals surface area contributed by atoms with E-state index in [0.717, 1.165) is 0 Å². The van der Waals surface area contributed by atoms with Crippen LogP contribution in [0.4, 0.5) is 4.79 Å². The number of carboxylic acids is 1. The van der Waals surface area contributed by atoms with Crippen LogP contribution >= 0.6 is 0 Å². The molecule has 0 aromatic carbocycles. The van der Waals surface area contributed by atoms with E-state index in [4.69, 9.17) is 14.6 Å². The number of carbonyl (C=O) groups is 2. The number of ether oxygens (including phenoxy) is 2. The third kappa shape index (κ3) is 2.93. The van der Waals surface area contributed by atoms with Crippen molar-refractivity contribution in [2.45, 2.75) is 13.5 Å². The van der Waals surface area contributed by atoms with Crippen LogP contribution in [0.2, 0.25) is 0 Å². The van der Waals surface area contributed by atoms with Crippen LogP contribution in [-0.2, 0) is 11.3 Å². The monoisotopic (exact) mass is 266 g/mol. The molecule has 0 fully saturated rings. The maximum Gasteiger partial charge on any atom is 0.410 e. The Morgan fingerprint density at radius 3 is 3.05 bits per heavy atom. The molecule has 0 aliphatic carbocycles. The Morgan fingerprint density at radius 1 is 1.58 bits per heavy atom. The van der Waals surface area contributed by atoms with Crippen molar-refractivity contribution in [2.24, 2.45) is 0 Å². The van der Waals surface area contributed by atoms with E-state index in [1.165, 1.54) is 17.2 Å². The number of rotatable bonds is 2. The first-order valence-electron chi connectivity index (χ1n) is 5.88. The highest BCUT2D eigenvalue weighted by molar-refractivity contribution is 5.87. The lowest BCUT2D eigenvalue weighted by Crippen LogP contribution is -2.33. The van der Waals surface area contributed by atoms with Crippen LogP contribution in [0.5, 0.6) is 5.75 Å². The van der Waals surface area contributed by atoms with Gasteiger partial charge in [-0.3, -0.25) is 9.88 Å². The highest BCUT2D eigenvalue weighted by Gasteiger charge is 2.22. The van der Waals surface area contributed by atoms with Crippen molar-refractivity contribution in [3.63, 3.8) is 0 Å². The maximum atomic E-state index is 11.7. The van der Waals surface area contributed by atoms with E-state index in [-0.39, 0.29) is 18.7 Å². The molecule has 0 radical (unpaired) electrons. The fourth-order valence-corrected chi connectivity index (χ4v) is 1.73. The number of fused-ring (bicyclic) bond motifs is 1. The summed E-state index contributed by atoms with van der Waals surface area (Å²) in [4.78, 5) is 28.0. The molecule has 0 bridgehead atoms. The van der Waals surface area contributed by atoms with Crippen molar-refractivity contribution in [1.82, 2.24) is 9.88 Å². The lowest BCUT2D eigenvalue weighted by molar-refractivity contribution is 0.0695. The molecule has 19 heavy (non-hydrogen) atoms. The van der Waals surface area contributed by atoms with Gasteiger partial charge < -0.3 is 14.6 Å². The van der Waals surface area contributed by atoms with Crippen LogP contribution in [0.1, 0.15) is 23.0 Å². The van der Waals surface area contributed by atoms with Gasteiger partial charge in [0.15, 0.2) is 0 Å². The van der Waals surface area contributed by atoms with E-state index in [2.05, 4.69) is 4.98 Å². The molecule has 1 aliphatic heterocycles. The molecule has 0 atom stereocenters. The summed E-state index contributed by atoms with van der Waals surface area (Å²) in [6.07, 6.45) is 0.821. The normalized spacial score (nSPS) is 14.1. The minimum absolute atomic E-state index is 0.0586. The summed E-state index contributed by atoms with van der Waals surface area (Å²) in [5, 5.41) is 8.89. The van der Waals surface area contributed by atoms with E-state index >= 15 is 0 Å². The zero-order chi connectivity index (χ0) is 13.8. The summed E-state index contributed by atoms with van der Waals surface area (Å²) < 4.78 is 10.3. The van der Waals surface area contributed by atoms with Crippen molar-refractivity contribution in [3.8, 4) is 5.75 Å². The van der Waals surface area contributed by atoms with Crippen molar-refractivity contribution < 1.29 is 24.2 Å². The molecule has 0 saturated heterocycles. The van der Waals surface area contributed by atoms with Gasteiger partial charge in [-0.25, -0.2) is 9.59 Å². The first kappa shape index (κ1) is 13.1. The number of hydrogen-bond donors (Lipinski definition) is 1. The summed E-state index contributed by atoms with van der Waals surface area (Å²) >= 11 is 0. The molecule has 1 aromatic heterocycles. The second-order valence-corrected chi connectivity index (χ2v) is 3.94. The van der Waals surface area contributed by atoms with E-state index in [9.17, 15) is 9.59 Å². The van der Waals surface area contributed by atoms with E-state index in [1.54, 1.807) is 6.92 Å². The average Bonchev–Trinajstić information content (AvgIpc) is 2.60. The van der Waals surface area contributed by atoms with Crippen LogP contribution in [0.3, 0.4) is 0 Å². The molecule has 1 aromatic rings. The number of amides is 1. The molecule has 7 heteroatoms. The largest absolute Gasteiger partial charge is 0.490 e. The standard InChI is InChI=1S/C12H14N2O5/c1-2-18-12(17)14-3-4-19-10-5-8(11(15)16)6-13-9(10)7-14/h5-6H,2-4,7H2,1H3,(H,15,16). The zero-order valence-corrected chi connectivity index (χ0v) is 10.5. The van der Waals surface area contributed by atoms with E-state index in [1.807, 2.05) is 0 Å². The number of carboxylic acid groups (broad SMARTS) is 1. The average molecular weight is 266 g/mol. The number of aromatic nitrogens is 1. The van der Waals surface area contributed by atoms with Crippen LogP contribution in [0, 0.1) is 0 Å². The Kier molecular flexibility index (Phi) is 3.84. The van der Waals surface area contributed by atoms with Crippen LogP contribution in [0.15, 0.2) is 12.3 Å². The molecule has 0 unspecified atom stereocenters. The van der Waals surface area contributed by atoms with Gasteiger partial charge in [-0.05, 0) is 13.0 Å². The molecular weight excluding hydrogens is 252 g/mol. The Morgan fingerprint density at radius 2 is 2.37 bits per heavy atom. The van der Waals surface area contributed by atoms with E-state index in [0.29, 0.717) is 24.6 Å². The minimum Gasteiger partial charge on any atom is -0.490 e. The second-order valence-electron chi connectivity index (χ2n) is 3.94. The summed E-state index contributed by atoms with van der Waals surface area (Å²) in [6, 6.07) is 1.42. The SMILES string of the molecule is CCOC(=O)N1CCOc2cc(C(=O)O)cnc2C1. The Balaban J connectivity index is 2.21. The summed E-state index contributed by atoms with van der Waals surface area (Å²) in [7, 11) is 0. The Labute approximate surface area is 109 Å². The zero-order valence-electron chi connectivity index (χ0n) is 10.5. The smallest absolute Gasteiger partial charge is 0.410 e. The number of pyridine rings is 1. The highest BCUT2D eigenvalue weighted by Crippen LogP contribution is 2.22. The molecule has 1 aliphatic rings. The molecule has 2 rings (SSSR count). The molecule has 1 amide bonds. The molecule has 0 saturated carbocycles. The molecule has 7 nitrogen and oxygen atoms in total. The lowest BCUT2D eigenvalue weighted by Gasteiger charge is -2.18. The number of aromatic carboxylic acids is 1. The summed E-state index contributed by atoms with van der Waals surface area (Å²) in [5.74, 6) is -0.669. The Bertz CT molecular complexity index is 503. The van der Waals surface area contributed by atoms with E-state index < -0.39 is 12.1 Å². The molecule has 1 N–H and O–H groups in total. The van der Waals surface area contributed by atoms with Gasteiger partial charge in [0, 0.05) is 6.20 Å². The molecule has 102 valence electrons.